The van der Waals surface area contributed by atoms with Gasteiger partial charge in [-0.3, -0.25) is 18.9 Å². The molecule has 1 fully saturated rings. The van der Waals surface area contributed by atoms with E-state index in [0.29, 0.717) is 36.8 Å². The Kier molecular flexibility index (Phi) is 6.27. The number of carbonyl (C=O) groups excluding carboxylic acids is 1. The Labute approximate surface area is 176 Å². The van der Waals surface area contributed by atoms with Crippen LogP contribution in [-0.2, 0) is 11.3 Å². The first-order valence-electron chi connectivity index (χ1n) is 9.43. The summed E-state index contributed by atoms with van der Waals surface area (Å²) in [5.74, 6) is 0.578. The van der Waals surface area contributed by atoms with E-state index in [9.17, 15) is 14.0 Å². The second-order valence-electron chi connectivity index (χ2n) is 6.85. The fourth-order valence-electron chi connectivity index (χ4n) is 3.30. The van der Waals surface area contributed by atoms with Gasteiger partial charge in [-0.2, -0.15) is 0 Å². The highest BCUT2D eigenvalue weighted by molar-refractivity contribution is 7.99. The molecule has 1 aromatic carbocycles. The Bertz CT molecular complexity index is 1040. The van der Waals surface area contributed by atoms with Crippen molar-refractivity contribution < 1.29 is 9.18 Å². The van der Waals surface area contributed by atoms with Gasteiger partial charge in [-0.25, -0.2) is 9.37 Å². The lowest BCUT2D eigenvalue weighted by Gasteiger charge is -2.34. The number of thioether (sulfide) groups is 1. The largest absolute Gasteiger partial charge is 0.340 e. The van der Waals surface area contributed by atoms with E-state index in [-0.39, 0.29) is 17.3 Å². The third-order valence-corrected chi connectivity index (χ3v) is 6.64. The quantitative estimate of drug-likeness (QED) is 0.561. The van der Waals surface area contributed by atoms with Crippen LogP contribution in [-0.4, -0.2) is 57.0 Å². The van der Waals surface area contributed by atoms with Gasteiger partial charge in [0.2, 0.25) is 5.91 Å². The summed E-state index contributed by atoms with van der Waals surface area (Å²) in [6.07, 6.45) is 2.20. The lowest BCUT2D eigenvalue weighted by molar-refractivity contribution is -0.132. The first-order chi connectivity index (χ1) is 14.1. The van der Waals surface area contributed by atoms with Crippen molar-refractivity contribution in [3.8, 4) is 0 Å². The number of hydrogen-bond acceptors (Lipinski definition) is 6. The van der Waals surface area contributed by atoms with Crippen LogP contribution in [0, 0.1) is 5.82 Å². The van der Waals surface area contributed by atoms with E-state index in [2.05, 4.69) is 9.88 Å². The van der Waals surface area contributed by atoms with Gasteiger partial charge in [-0.05, 0) is 24.3 Å². The molecular formula is C20H21FN4O2S2. The molecule has 152 valence electrons. The van der Waals surface area contributed by atoms with Crippen LogP contribution in [0.2, 0.25) is 0 Å². The molecule has 3 aromatic rings. The number of amides is 1. The summed E-state index contributed by atoms with van der Waals surface area (Å²) >= 11 is 3.01. The fourth-order valence-corrected chi connectivity index (χ4v) is 4.88. The number of fused-ring (bicyclic) bond motifs is 1. The molecule has 9 heteroatoms. The number of nitrogens with zero attached hydrogens (tertiary/aromatic N) is 4. The minimum Gasteiger partial charge on any atom is -0.340 e. The van der Waals surface area contributed by atoms with E-state index in [0.717, 1.165) is 23.7 Å². The minimum absolute atomic E-state index is 0.0567. The van der Waals surface area contributed by atoms with Gasteiger partial charge in [0.1, 0.15) is 5.82 Å². The molecule has 4 rings (SSSR count). The molecule has 3 heterocycles. The molecule has 2 aromatic heterocycles. The van der Waals surface area contributed by atoms with Gasteiger partial charge < -0.3 is 4.90 Å². The van der Waals surface area contributed by atoms with E-state index < -0.39 is 0 Å². The monoisotopic (exact) mass is 432 g/mol. The third kappa shape index (κ3) is 5.04. The second kappa shape index (κ2) is 9.06. The summed E-state index contributed by atoms with van der Waals surface area (Å²) in [5, 5.41) is 1.85. The Balaban J connectivity index is 1.23. The number of hydrogen-bond donors (Lipinski definition) is 0. The average molecular weight is 433 g/mol. The molecule has 1 saturated heterocycles. The van der Waals surface area contributed by atoms with E-state index in [1.54, 1.807) is 40.6 Å². The topological polar surface area (TPSA) is 57.9 Å². The predicted octanol–water partition coefficient (Wildman–Crippen LogP) is 2.72. The summed E-state index contributed by atoms with van der Waals surface area (Å²) in [4.78, 5) is 34.9. The molecule has 29 heavy (non-hydrogen) atoms. The normalized spacial score (nSPS) is 15.1. The number of benzene rings is 1. The van der Waals surface area contributed by atoms with Crippen molar-refractivity contribution in [2.75, 3.05) is 31.9 Å². The second-order valence-corrected chi connectivity index (χ2v) is 8.89. The smallest absolute Gasteiger partial charge is 0.258 e. The molecule has 0 saturated carbocycles. The molecule has 0 radical (unpaired) electrons. The van der Waals surface area contributed by atoms with Crippen LogP contribution in [0.4, 0.5) is 4.39 Å². The SMILES string of the molecule is O=C(CCSc1ccc(F)cc1)N1CCN(Cc2cc(=O)n3ccsc3n2)CC1. The molecule has 1 amide bonds. The maximum atomic E-state index is 12.9. The number of aromatic nitrogens is 2. The molecule has 0 unspecified atom stereocenters. The van der Waals surface area contributed by atoms with Crippen LogP contribution < -0.4 is 5.56 Å². The van der Waals surface area contributed by atoms with Crippen LogP contribution in [0.3, 0.4) is 0 Å². The molecule has 0 bridgehead atoms. The van der Waals surface area contributed by atoms with Crippen molar-refractivity contribution in [2.24, 2.45) is 0 Å². The van der Waals surface area contributed by atoms with Gasteiger partial charge in [0.05, 0.1) is 5.69 Å². The highest BCUT2D eigenvalue weighted by Gasteiger charge is 2.21. The number of halogens is 1. The maximum absolute atomic E-state index is 12.9. The molecule has 0 spiro atoms. The molecule has 1 aliphatic rings. The zero-order chi connectivity index (χ0) is 20.2. The number of thiazole rings is 1. The van der Waals surface area contributed by atoms with Crippen molar-refractivity contribution in [2.45, 2.75) is 17.9 Å². The summed E-state index contributed by atoms with van der Waals surface area (Å²) in [7, 11) is 0. The molecule has 1 aliphatic heterocycles. The third-order valence-electron chi connectivity index (χ3n) is 4.87. The molecule has 0 atom stereocenters. The van der Waals surface area contributed by atoms with Crippen molar-refractivity contribution in [3.05, 3.63) is 63.8 Å². The minimum atomic E-state index is -0.251. The molecule has 0 aliphatic carbocycles. The van der Waals surface area contributed by atoms with Crippen molar-refractivity contribution in [1.82, 2.24) is 19.2 Å². The van der Waals surface area contributed by atoms with Gasteiger partial charge in [-0.1, -0.05) is 0 Å². The van der Waals surface area contributed by atoms with Crippen molar-refractivity contribution in [1.29, 1.82) is 0 Å². The molecule has 6 nitrogen and oxygen atoms in total. The average Bonchev–Trinajstić information content (AvgIpc) is 3.19. The highest BCUT2D eigenvalue weighted by atomic mass is 32.2. The molecule has 0 N–H and O–H groups in total. The van der Waals surface area contributed by atoms with Crippen LogP contribution in [0.1, 0.15) is 12.1 Å². The Morgan fingerprint density at radius 3 is 2.69 bits per heavy atom. The lowest BCUT2D eigenvalue weighted by atomic mass is 10.2. The van der Waals surface area contributed by atoms with E-state index in [1.165, 1.54) is 23.5 Å². The van der Waals surface area contributed by atoms with Gasteiger partial charge in [0.25, 0.3) is 5.56 Å². The first-order valence-corrected chi connectivity index (χ1v) is 11.3. The van der Waals surface area contributed by atoms with Crippen LogP contribution in [0.25, 0.3) is 4.96 Å². The molecular weight excluding hydrogens is 411 g/mol. The van der Waals surface area contributed by atoms with Gasteiger partial charge in [-0.15, -0.1) is 23.1 Å². The van der Waals surface area contributed by atoms with Gasteiger partial charge in [0, 0.05) is 67.4 Å². The van der Waals surface area contributed by atoms with Gasteiger partial charge >= 0.3 is 0 Å². The van der Waals surface area contributed by atoms with Crippen LogP contribution in [0.5, 0.6) is 0 Å². The zero-order valence-electron chi connectivity index (χ0n) is 15.8. The fraction of sp³-hybridized carbons (Fsp3) is 0.350. The van der Waals surface area contributed by atoms with Crippen molar-refractivity contribution in [3.63, 3.8) is 0 Å². The summed E-state index contributed by atoms with van der Waals surface area (Å²) < 4.78 is 14.5. The Morgan fingerprint density at radius 2 is 1.93 bits per heavy atom. The van der Waals surface area contributed by atoms with Crippen molar-refractivity contribution >= 4 is 34.0 Å². The van der Waals surface area contributed by atoms with Crippen LogP contribution in [0.15, 0.2) is 51.6 Å². The lowest BCUT2D eigenvalue weighted by Crippen LogP contribution is -2.48. The van der Waals surface area contributed by atoms with E-state index >= 15 is 0 Å². The number of piperazine rings is 1. The van der Waals surface area contributed by atoms with E-state index in [4.69, 9.17) is 0 Å². The summed E-state index contributed by atoms with van der Waals surface area (Å²) in [5.41, 5.74) is 0.714. The first kappa shape index (κ1) is 20.1. The summed E-state index contributed by atoms with van der Waals surface area (Å²) in [6, 6.07) is 7.92. The zero-order valence-corrected chi connectivity index (χ0v) is 17.4. The highest BCUT2D eigenvalue weighted by Crippen LogP contribution is 2.19. The van der Waals surface area contributed by atoms with E-state index in [1.807, 2.05) is 10.3 Å². The Morgan fingerprint density at radius 1 is 1.17 bits per heavy atom. The number of rotatable bonds is 6. The standard InChI is InChI=1S/C20H21FN4O2S2/c21-15-1-3-17(4-2-15)28-11-5-18(26)24-8-6-23(7-9-24)14-16-13-19(27)25-10-12-29-20(25)22-16/h1-4,10,12-13H,5-9,11,14H2. The number of carbonyl (C=O) groups is 1. The predicted molar refractivity (Wildman–Crippen MR) is 113 cm³/mol. The Hall–Kier alpha value is -2.23. The van der Waals surface area contributed by atoms with Gasteiger partial charge in [0.15, 0.2) is 4.96 Å². The maximum Gasteiger partial charge on any atom is 0.258 e. The van der Waals surface area contributed by atoms with Crippen LogP contribution >= 0.6 is 23.1 Å². The summed E-state index contributed by atoms with van der Waals surface area (Å²) in [6.45, 7) is 3.51.